The third kappa shape index (κ3) is 6.92. The first-order chi connectivity index (χ1) is 18.3. The van der Waals surface area contributed by atoms with E-state index in [1.165, 1.54) is 4.31 Å². The van der Waals surface area contributed by atoms with Gasteiger partial charge in [-0.2, -0.15) is 17.4 Å². The van der Waals surface area contributed by atoms with Crippen molar-refractivity contribution in [3.63, 3.8) is 0 Å². The highest BCUT2D eigenvalue weighted by atomic mass is 32.2. The van der Waals surface area contributed by atoms with Gasteiger partial charge in [-0.1, -0.05) is 55.8 Å². The molecule has 1 heterocycles. The molecule has 1 aliphatic heterocycles. The molecular weight excluding hydrogens is 502 g/mol. The standard InChI is InChI=1S/C29H35N3O5S/c1-3-5-28(29(33)34)30-38(35,36)32-17-4-16-31(18-19-32)26-13-9-22(10-14-26)6-7-23-8-11-25-21-27(37-2)15-12-24(25)20-23/h6-15,20-21,28,30H,3-5,16-19H2,1-2H3,(H,33,34). The van der Waals surface area contributed by atoms with E-state index in [1.54, 1.807) is 7.11 Å². The van der Waals surface area contributed by atoms with Gasteiger partial charge < -0.3 is 14.7 Å². The topological polar surface area (TPSA) is 99.2 Å². The first-order valence-corrected chi connectivity index (χ1v) is 14.3. The van der Waals surface area contributed by atoms with Crippen LogP contribution in [-0.4, -0.2) is 63.1 Å². The van der Waals surface area contributed by atoms with Gasteiger partial charge in [-0.15, -0.1) is 0 Å². The molecule has 0 amide bonds. The molecule has 3 aromatic carbocycles. The van der Waals surface area contributed by atoms with E-state index in [0.717, 1.165) is 39.9 Å². The number of ether oxygens (including phenoxy) is 1. The molecule has 3 aromatic rings. The number of hydrogen-bond acceptors (Lipinski definition) is 5. The van der Waals surface area contributed by atoms with Gasteiger partial charge in [0.05, 0.1) is 7.11 Å². The van der Waals surface area contributed by atoms with Crippen LogP contribution in [0.4, 0.5) is 5.69 Å². The largest absolute Gasteiger partial charge is 0.497 e. The fourth-order valence-corrected chi connectivity index (χ4v) is 6.05. The fraction of sp³-hybridized carbons (Fsp3) is 0.345. The lowest BCUT2D eigenvalue weighted by molar-refractivity contribution is -0.139. The molecule has 202 valence electrons. The normalized spacial score (nSPS) is 16.0. The van der Waals surface area contributed by atoms with Crippen molar-refractivity contribution in [1.29, 1.82) is 0 Å². The Morgan fingerprint density at radius 3 is 2.37 bits per heavy atom. The predicted molar refractivity (Wildman–Crippen MR) is 153 cm³/mol. The second-order valence-electron chi connectivity index (χ2n) is 9.44. The number of carbonyl (C=O) groups is 1. The van der Waals surface area contributed by atoms with Crippen LogP contribution in [0.5, 0.6) is 5.75 Å². The highest BCUT2D eigenvalue weighted by molar-refractivity contribution is 7.87. The number of nitrogens with zero attached hydrogens (tertiary/aromatic N) is 2. The van der Waals surface area contributed by atoms with Gasteiger partial charge in [0.15, 0.2) is 0 Å². The summed E-state index contributed by atoms with van der Waals surface area (Å²) in [6.45, 7) is 3.73. The zero-order chi connectivity index (χ0) is 27.1. The zero-order valence-electron chi connectivity index (χ0n) is 21.8. The van der Waals surface area contributed by atoms with Crippen LogP contribution in [0.2, 0.25) is 0 Å². The van der Waals surface area contributed by atoms with E-state index in [4.69, 9.17) is 4.74 Å². The van der Waals surface area contributed by atoms with Crippen LogP contribution in [0, 0.1) is 0 Å². The average Bonchev–Trinajstić information content (AvgIpc) is 3.18. The summed E-state index contributed by atoms with van der Waals surface area (Å²) in [5.74, 6) is -0.308. The van der Waals surface area contributed by atoms with Gasteiger partial charge in [0.1, 0.15) is 11.8 Å². The summed E-state index contributed by atoms with van der Waals surface area (Å²) in [4.78, 5) is 13.6. The number of aliphatic carboxylic acids is 1. The number of carboxylic acid groups (broad SMARTS) is 1. The monoisotopic (exact) mass is 537 g/mol. The van der Waals surface area contributed by atoms with Crippen molar-refractivity contribution in [2.45, 2.75) is 32.2 Å². The van der Waals surface area contributed by atoms with Crippen molar-refractivity contribution in [3.8, 4) is 5.75 Å². The molecule has 1 atom stereocenters. The van der Waals surface area contributed by atoms with E-state index >= 15 is 0 Å². The molecule has 1 aliphatic rings. The minimum absolute atomic E-state index is 0.255. The molecule has 9 heteroatoms. The fourth-order valence-electron chi connectivity index (χ4n) is 4.63. The highest BCUT2D eigenvalue weighted by Crippen LogP contribution is 2.23. The average molecular weight is 538 g/mol. The number of fused-ring (bicyclic) bond motifs is 1. The van der Waals surface area contributed by atoms with E-state index in [-0.39, 0.29) is 6.42 Å². The lowest BCUT2D eigenvalue weighted by atomic mass is 10.1. The van der Waals surface area contributed by atoms with Crippen LogP contribution in [0.15, 0.2) is 60.7 Å². The first kappa shape index (κ1) is 27.6. The lowest BCUT2D eigenvalue weighted by Crippen LogP contribution is -2.49. The van der Waals surface area contributed by atoms with E-state index < -0.39 is 22.2 Å². The van der Waals surface area contributed by atoms with Gasteiger partial charge in [0, 0.05) is 31.9 Å². The second-order valence-corrected chi connectivity index (χ2v) is 11.1. The third-order valence-corrected chi connectivity index (χ3v) is 8.39. The summed E-state index contributed by atoms with van der Waals surface area (Å²) in [6, 6.07) is 19.5. The number of rotatable bonds is 10. The van der Waals surface area contributed by atoms with Gasteiger partial charge in [-0.3, -0.25) is 4.79 Å². The van der Waals surface area contributed by atoms with E-state index in [9.17, 15) is 18.3 Å². The van der Waals surface area contributed by atoms with E-state index in [0.29, 0.717) is 32.5 Å². The molecule has 2 N–H and O–H groups in total. The smallest absolute Gasteiger partial charge is 0.321 e. The SMILES string of the molecule is CCCC(NS(=O)(=O)N1CCCN(c2ccc(C=Cc3ccc4cc(OC)ccc4c3)cc2)CC1)C(=O)O. The van der Waals surface area contributed by atoms with Gasteiger partial charge in [0.25, 0.3) is 10.2 Å². The molecule has 0 aliphatic carbocycles. The highest BCUT2D eigenvalue weighted by Gasteiger charge is 2.30. The molecule has 0 saturated carbocycles. The van der Waals surface area contributed by atoms with Crippen molar-refractivity contribution in [2.24, 2.45) is 0 Å². The summed E-state index contributed by atoms with van der Waals surface area (Å²) in [7, 11) is -2.21. The molecule has 0 bridgehead atoms. The number of benzene rings is 3. The minimum atomic E-state index is -3.88. The minimum Gasteiger partial charge on any atom is -0.497 e. The maximum atomic E-state index is 12.8. The molecule has 0 aromatic heterocycles. The Hall–Kier alpha value is -3.40. The number of anilines is 1. The van der Waals surface area contributed by atoms with Crippen LogP contribution in [0.3, 0.4) is 0 Å². The first-order valence-electron chi connectivity index (χ1n) is 12.9. The summed E-state index contributed by atoms with van der Waals surface area (Å²) >= 11 is 0. The van der Waals surface area contributed by atoms with Crippen molar-refractivity contribution in [1.82, 2.24) is 9.03 Å². The Morgan fingerprint density at radius 1 is 0.974 bits per heavy atom. The lowest BCUT2D eigenvalue weighted by Gasteiger charge is -2.24. The summed E-state index contributed by atoms with van der Waals surface area (Å²) in [5.41, 5.74) is 3.21. The molecule has 8 nitrogen and oxygen atoms in total. The van der Waals surface area contributed by atoms with Crippen molar-refractivity contribution >= 4 is 44.8 Å². The Kier molecular flexibility index (Phi) is 9.04. The van der Waals surface area contributed by atoms with Crippen molar-refractivity contribution in [3.05, 3.63) is 71.8 Å². The number of carboxylic acids is 1. The van der Waals surface area contributed by atoms with Crippen LogP contribution < -0.4 is 14.4 Å². The van der Waals surface area contributed by atoms with Gasteiger partial charge in [0.2, 0.25) is 0 Å². The van der Waals surface area contributed by atoms with Crippen LogP contribution >= 0.6 is 0 Å². The Labute approximate surface area is 224 Å². The number of nitrogens with one attached hydrogen (secondary N) is 1. The molecule has 0 radical (unpaired) electrons. The summed E-state index contributed by atoms with van der Waals surface area (Å²) < 4.78 is 34.7. The zero-order valence-corrected chi connectivity index (χ0v) is 22.7. The molecule has 38 heavy (non-hydrogen) atoms. The van der Waals surface area contributed by atoms with Crippen LogP contribution in [0.1, 0.15) is 37.3 Å². The number of methoxy groups -OCH3 is 1. The Balaban J connectivity index is 1.38. The van der Waals surface area contributed by atoms with Crippen molar-refractivity contribution < 1.29 is 23.1 Å². The predicted octanol–water partition coefficient (Wildman–Crippen LogP) is 4.62. The van der Waals surface area contributed by atoms with Gasteiger partial charge in [-0.25, -0.2) is 0 Å². The maximum Gasteiger partial charge on any atom is 0.321 e. The molecular formula is C29H35N3O5S. The summed E-state index contributed by atoms with van der Waals surface area (Å²) in [6.07, 6.45) is 5.65. The quantitative estimate of drug-likeness (QED) is 0.366. The number of hydrogen-bond donors (Lipinski definition) is 2. The third-order valence-electron chi connectivity index (χ3n) is 6.76. The van der Waals surface area contributed by atoms with Crippen molar-refractivity contribution in [2.75, 3.05) is 38.2 Å². The summed E-state index contributed by atoms with van der Waals surface area (Å²) in [5, 5.41) is 11.6. The van der Waals surface area contributed by atoms with E-state index in [1.807, 2.05) is 19.1 Å². The molecule has 4 rings (SSSR count). The second kappa shape index (κ2) is 12.4. The van der Waals surface area contributed by atoms with Crippen LogP contribution in [0.25, 0.3) is 22.9 Å². The Bertz CT molecular complexity index is 1390. The van der Waals surface area contributed by atoms with Crippen LogP contribution in [-0.2, 0) is 15.0 Å². The van der Waals surface area contributed by atoms with E-state index in [2.05, 4.69) is 70.3 Å². The van der Waals surface area contributed by atoms with Gasteiger partial charge >= 0.3 is 5.97 Å². The molecule has 1 fully saturated rings. The molecule has 0 spiro atoms. The van der Waals surface area contributed by atoms with Gasteiger partial charge in [-0.05, 0) is 65.1 Å². The maximum absolute atomic E-state index is 12.8. The molecule has 1 saturated heterocycles. The molecule has 1 unspecified atom stereocenters. The Morgan fingerprint density at radius 2 is 1.66 bits per heavy atom.